The highest BCUT2D eigenvalue weighted by Gasteiger charge is 2.12. The molecule has 3 aromatic heterocycles. The van der Waals surface area contributed by atoms with Crippen molar-refractivity contribution in [1.82, 2.24) is 35.2 Å². The Morgan fingerprint density at radius 2 is 2.38 bits per heavy atom. The summed E-state index contributed by atoms with van der Waals surface area (Å²) in [5, 5.41) is 10.7. The van der Waals surface area contributed by atoms with Gasteiger partial charge in [0.2, 0.25) is 11.7 Å². The van der Waals surface area contributed by atoms with E-state index in [1.54, 1.807) is 10.9 Å². The number of carbonyl (C=O) groups excluding carboxylic acids is 1. The molecule has 3 rings (SSSR count). The van der Waals surface area contributed by atoms with Gasteiger partial charge in [0.05, 0.1) is 30.8 Å². The lowest BCUT2D eigenvalue weighted by Gasteiger charge is -1.98. The summed E-state index contributed by atoms with van der Waals surface area (Å²) in [5.41, 5.74) is 1.14. The van der Waals surface area contributed by atoms with Crippen LogP contribution in [0.25, 0.3) is 11.4 Å². The van der Waals surface area contributed by atoms with Gasteiger partial charge in [-0.15, -0.1) is 0 Å². The molecule has 0 radical (unpaired) electrons. The van der Waals surface area contributed by atoms with Gasteiger partial charge >= 0.3 is 0 Å². The quantitative estimate of drug-likeness (QED) is 0.710. The van der Waals surface area contributed by atoms with Gasteiger partial charge in [0.25, 0.3) is 5.91 Å². The number of H-pyrrole nitrogens is 1. The predicted molar refractivity (Wildman–Crippen MR) is 71.0 cm³/mol. The summed E-state index contributed by atoms with van der Waals surface area (Å²) < 4.78 is 6.86. The molecule has 3 heterocycles. The second kappa shape index (κ2) is 5.57. The second-order valence-corrected chi connectivity index (χ2v) is 4.24. The van der Waals surface area contributed by atoms with E-state index >= 15 is 0 Å². The zero-order chi connectivity index (χ0) is 14.7. The van der Waals surface area contributed by atoms with Gasteiger partial charge in [0.15, 0.2) is 0 Å². The van der Waals surface area contributed by atoms with Gasteiger partial charge in [-0.1, -0.05) is 5.16 Å². The fraction of sp³-hybridized carbons (Fsp3) is 0.250. The van der Waals surface area contributed by atoms with E-state index in [1.165, 1.54) is 12.5 Å². The Balaban J connectivity index is 1.64. The molecule has 9 heteroatoms. The number of hydrogen-bond donors (Lipinski definition) is 2. The fourth-order valence-electron chi connectivity index (χ4n) is 1.73. The minimum absolute atomic E-state index is 0.146. The average Bonchev–Trinajstić information content (AvgIpc) is 3.24. The molecular weight excluding hydrogens is 274 g/mol. The van der Waals surface area contributed by atoms with Gasteiger partial charge in [-0.25, -0.2) is 4.98 Å². The van der Waals surface area contributed by atoms with E-state index in [0.29, 0.717) is 17.4 Å². The number of imidazole rings is 1. The number of aromatic nitrogens is 6. The van der Waals surface area contributed by atoms with Crippen LogP contribution in [-0.4, -0.2) is 35.8 Å². The first-order chi connectivity index (χ1) is 10.3. The highest BCUT2D eigenvalue weighted by Crippen LogP contribution is 2.14. The Bertz CT molecular complexity index is 728. The molecule has 0 unspecified atom stereocenters. The zero-order valence-corrected chi connectivity index (χ0v) is 11.3. The molecule has 108 valence electrons. The topological polar surface area (TPSA) is 115 Å². The Morgan fingerprint density at radius 3 is 3.10 bits per heavy atom. The molecule has 0 bridgehead atoms. The van der Waals surface area contributed by atoms with E-state index in [0.717, 1.165) is 12.1 Å². The maximum absolute atomic E-state index is 11.7. The van der Waals surface area contributed by atoms with Crippen LogP contribution in [0, 0.1) is 0 Å². The summed E-state index contributed by atoms with van der Waals surface area (Å²) in [6, 6.07) is 0. The highest BCUT2D eigenvalue weighted by atomic mass is 16.5. The van der Waals surface area contributed by atoms with E-state index in [1.807, 2.05) is 13.1 Å². The highest BCUT2D eigenvalue weighted by molar-refractivity contribution is 5.91. The molecule has 0 spiro atoms. The average molecular weight is 287 g/mol. The summed E-state index contributed by atoms with van der Waals surface area (Å²) in [7, 11) is 0. The van der Waals surface area contributed by atoms with E-state index in [2.05, 4.69) is 30.5 Å². The Hall–Kier alpha value is -2.97. The van der Waals surface area contributed by atoms with Crippen LogP contribution >= 0.6 is 0 Å². The first-order valence-corrected chi connectivity index (χ1v) is 6.38. The van der Waals surface area contributed by atoms with Gasteiger partial charge < -0.3 is 14.8 Å². The summed E-state index contributed by atoms with van der Waals surface area (Å²) in [5.74, 6) is 0.480. The van der Waals surface area contributed by atoms with Crippen LogP contribution in [0.2, 0.25) is 0 Å². The Labute approximate surface area is 119 Å². The second-order valence-electron chi connectivity index (χ2n) is 4.24. The molecule has 0 aliphatic carbocycles. The van der Waals surface area contributed by atoms with Crippen molar-refractivity contribution < 1.29 is 9.32 Å². The van der Waals surface area contributed by atoms with Crippen LogP contribution < -0.4 is 5.32 Å². The smallest absolute Gasteiger partial charge is 0.269 e. The lowest BCUT2D eigenvalue weighted by Crippen LogP contribution is -2.23. The van der Waals surface area contributed by atoms with Gasteiger partial charge in [0, 0.05) is 12.7 Å². The minimum atomic E-state index is -0.286. The molecule has 0 saturated carbocycles. The summed E-state index contributed by atoms with van der Waals surface area (Å²) in [6.07, 6.45) is 6.37. The third kappa shape index (κ3) is 2.81. The van der Waals surface area contributed by atoms with Crippen LogP contribution in [0.5, 0.6) is 0 Å². The minimum Gasteiger partial charge on any atom is -0.342 e. The van der Waals surface area contributed by atoms with Crippen molar-refractivity contribution >= 4 is 5.91 Å². The molecule has 0 atom stereocenters. The maximum atomic E-state index is 11.7. The molecular formula is C12H13N7O2. The molecule has 2 N–H and O–H groups in total. The van der Waals surface area contributed by atoms with Gasteiger partial charge in [-0.2, -0.15) is 10.1 Å². The van der Waals surface area contributed by atoms with Crippen LogP contribution in [0.3, 0.4) is 0 Å². The number of hydrogen-bond acceptors (Lipinski definition) is 6. The molecule has 0 saturated heterocycles. The third-order valence-corrected chi connectivity index (χ3v) is 2.83. The Kier molecular flexibility index (Phi) is 3.46. The number of aromatic amines is 1. The van der Waals surface area contributed by atoms with Crippen LogP contribution in [0.15, 0.2) is 29.4 Å². The van der Waals surface area contributed by atoms with E-state index in [4.69, 9.17) is 4.52 Å². The molecule has 0 fully saturated rings. The van der Waals surface area contributed by atoms with E-state index < -0.39 is 0 Å². The SMILES string of the molecule is CCn1cc(-c2noc(CNC(=O)c3cnc[nH]3)n2)cn1. The van der Waals surface area contributed by atoms with Gasteiger partial charge in [-0.05, 0) is 6.92 Å². The zero-order valence-electron chi connectivity index (χ0n) is 11.3. The summed E-state index contributed by atoms with van der Waals surface area (Å²) in [6.45, 7) is 2.90. The molecule has 0 aliphatic heterocycles. The van der Waals surface area contributed by atoms with Crippen molar-refractivity contribution in [2.45, 2.75) is 20.0 Å². The lowest BCUT2D eigenvalue weighted by atomic mass is 10.3. The standard InChI is InChI=1S/C12H13N7O2/c1-2-19-6-8(3-16-19)11-17-10(21-18-11)5-14-12(20)9-4-13-7-15-9/h3-4,6-7H,2,5H2,1H3,(H,13,15)(H,14,20). The number of nitrogens with one attached hydrogen (secondary N) is 2. The lowest BCUT2D eigenvalue weighted by molar-refractivity contribution is 0.0942. The summed E-state index contributed by atoms with van der Waals surface area (Å²) >= 11 is 0. The number of rotatable bonds is 5. The van der Waals surface area contributed by atoms with Crippen molar-refractivity contribution in [3.63, 3.8) is 0 Å². The van der Waals surface area contributed by atoms with E-state index in [9.17, 15) is 4.79 Å². The predicted octanol–water partition coefficient (Wildman–Crippen LogP) is 0.606. The first-order valence-electron chi connectivity index (χ1n) is 6.38. The van der Waals surface area contributed by atoms with Crippen LogP contribution in [0.1, 0.15) is 23.3 Å². The molecule has 0 aromatic carbocycles. The molecule has 21 heavy (non-hydrogen) atoms. The number of nitrogens with zero attached hydrogens (tertiary/aromatic N) is 5. The molecule has 9 nitrogen and oxygen atoms in total. The van der Waals surface area contributed by atoms with Crippen LogP contribution in [-0.2, 0) is 13.1 Å². The monoisotopic (exact) mass is 287 g/mol. The van der Waals surface area contributed by atoms with E-state index in [-0.39, 0.29) is 12.5 Å². The normalized spacial score (nSPS) is 10.7. The van der Waals surface area contributed by atoms with Gasteiger partial charge in [-0.3, -0.25) is 9.48 Å². The fourth-order valence-corrected chi connectivity index (χ4v) is 1.73. The van der Waals surface area contributed by atoms with Crippen molar-refractivity contribution in [3.8, 4) is 11.4 Å². The van der Waals surface area contributed by atoms with Crippen molar-refractivity contribution in [1.29, 1.82) is 0 Å². The number of aryl methyl sites for hydroxylation is 1. The van der Waals surface area contributed by atoms with Crippen molar-refractivity contribution in [2.24, 2.45) is 0 Å². The molecule has 1 amide bonds. The van der Waals surface area contributed by atoms with Crippen LogP contribution in [0.4, 0.5) is 0 Å². The number of carbonyl (C=O) groups is 1. The third-order valence-electron chi connectivity index (χ3n) is 2.83. The summed E-state index contributed by atoms with van der Waals surface area (Å²) in [4.78, 5) is 22.4. The van der Waals surface area contributed by atoms with Crippen molar-refractivity contribution in [2.75, 3.05) is 0 Å². The largest absolute Gasteiger partial charge is 0.342 e. The van der Waals surface area contributed by atoms with Gasteiger partial charge in [0.1, 0.15) is 5.69 Å². The van der Waals surface area contributed by atoms with Crippen molar-refractivity contribution in [3.05, 3.63) is 36.5 Å². The maximum Gasteiger partial charge on any atom is 0.269 e. The molecule has 3 aromatic rings. The number of amides is 1. The first kappa shape index (κ1) is 13.0. The Morgan fingerprint density at radius 1 is 1.48 bits per heavy atom. The molecule has 0 aliphatic rings.